The Morgan fingerprint density at radius 2 is 1.71 bits per heavy atom. The van der Waals surface area contributed by atoms with Crippen LogP contribution in [0.4, 0.5) is 5.82 Å². The molecule has 0 saturated carbocycles. The van der Waals surface area contributed by atoms with E-state index in [2.05, 4.69) is 10.3 Å². The molecule has 0 spiro atoms. The number of aromatic nitrogens is 2. The Labute approximate surface area is 187 Å². The van der Waals surface area contributed by atoms with E-state index < -0.39 is 11.6 Å². The number of anilines is 1. The van der Waals surface area contributed by atoms with Gasteiger partial charge in [0.2, 0.25) is 0 Å². The van der Waals surface area contributed by atoms with Crippen LogP contribution >= 0.6 is 11.6 Å². The number of benzene rings is 2. The van der Waals surface area contributed by atoms with E-state index in [4.69, 9.17) is 16.3 Å². The van der Waals surface area contributed by atoms with Gasteiger partial charge in [0.05, 0.1) is 0 Å². The minimum Gasteiger partial charge on any atom is -0.455 e. The van der Waals surface area contributed by atoms with Gasteiger partial charge in [0.25, 0.3) is 5.91 Å². The molecule has 0 radical (unpaired) electrons. The van der Waals surface area contributed by atoms with Gasteiger partial charge in [0, 0.05) is 23.6 Å². The fourth-order valence-corrected chi connectivity index (χ4v) is 3.23. The van der Waals surface area contributed by atoms with Gasteiger partial charge in [-0.1, -0.05) is 48.9 Å². The van der Waals surface area contributed by atoms with E-state index in [1.54, 1.807) is 49.6 Å². The van der Waals surface area contributed by atoms with Gasteiger partial charge in [-0.05, 0) is 50.6 Å². The molecule has 3 aromatic rings. The third kappa shape index (κ3) is 5.73. The van der Waals surface area contributed by atoms with Crippen molar-refractivity contribution in [3.63, 3.8) is 0 Å². The summed E-state index contributed by atoms with van der Waals surface area (Å²) in [5, 5.41) is 3.31. The molecule has 1 heterocycles. The molecule has 0 aliphatic heterocycles. The summed E-state index contributed by atoms with van der Waals surface area (Å²) in [4.78, 5) is 30.5. The molecule has 0 atom stereocenters. The summed E-state index contributed by atoms with van der Waals surface area (Å²) in [5.41, 5.74) is 0.950. The van der Waals surface area contributed by atoms with Crippen LogP contribution in [0.15, 0.2) is 54.6 Å². The van der Waals surface area contributed by atoms with Crippen LogP contribution in [0.3, 0.4) is 0 Å². The molecule has 0 fully saturated rings. The Morgan fingerprint density at radius 3 is 2.29 bits per heavy atom. The molecular weight excluding hydrogens is 414 g/mol. The molecule has 3 rings (SSSR count). The van der Waals surface area contributed by atoms with Crippen molar-refractivity contribution in [1.29, 1.82) is 0 Å². The third-order valence-electron chi connectivity index (χ3n) is 4.48. The van der Waals surface area contributed by atoms with Crippen LogP contribution in [0.5, 0.6) is 0 Å². The van der Waals surface area contributed by atoms with Crippen LogP contribution in [0.2, 0.25) is 5.02 Å². The Hall–Kier alpha value is -3.12. The summed E-state index contributed by atoms with van der Waals surface area (Å²) in [6, 6.07) is 16.3. The standard InChI is InChI=1S/C24H26ClN3O3/c1-5-19-26-21(27-22(29)17-11-13-18(25)14-12-17)20(23(30)31-24(2,3)4)28(19)15-16-9-7-6-8-10-16/h6-14H,5,15H2,1-4H3,(H,27,29). The highest BCUT2D eigenvalue weighted by Crippen LogP contribution is 2.24. The summed E-state index contributed by atoms with van der Waals surface area (Å²) in [6.07, 6.45) is 0.583. The van der Waals surface area contributed by atoms with Crippen molar-refractivity contribution in [2.24, 2.45) is 0 Å². The van der Waals surface area contributed by atoms with E-state index in [9.17, 15) is 9.59 Å². The number of rotatable bonds is 6. The molecule has 1 amide bonds. The monoisotopic (exact) mass is 439 g/mol. The second-order valence-corrected chi connectivity index (χ2v) is 8.55. The molecule has 162 valence electrons. The van der Waals surface area contributed by atoms with Gasteiger partial charge in [-0.2, -0.15) is 0 Å². The van der Waals surface area contributed by atoms with Crippen LogP contribution in [0.1, 0.15) is 59.9 Å². The number of esters is 1. The second kappa shape index (κ2) is 9.35. The summed E-state index contributed by atoms with van der Waals surface area (Å²) in [6.45, 7) is 7.79. The van der Waals surface area contributed by atoms with Crippen molar-refractivity contribution < 1.29 is 14.3 Å². The molecule has 2 aromatic carbocycles. The van der Waals surface area contributed by atoms with Crippen LogP contribution in [0, 0.1) is 0 Å². The first-order valence-corrected chi connectivity index (χ1v) is 10.5. The van der Waals surface area contributed by atoms with Gasteiger partial charge in [0.1, 0.15) is 11.4 Å². The number of nitrogens with one attached hydrogen (secondary N) is 1. The van der Waals surface area contributed by atoms with E-state index in [0.717, 1.165) is 5.56 Å². The fraction of sp³-hybridized carbons (Fsp3) is 0.292. The smallest absolute Gasteiger partial charge is 0.359 e. The molecule has 0 aliphatic rings. The van der Waals surface area contributed by atoms with Crippen LogP contribution in [-0.4, -0.2) is 27.0 Å². The van der Waals surface area contributed by atoms with Crippen LogP contribution < -0.4 is 5.32 Å². The normalized spacial score (nSPS) is 11.3. The number of ether oxygens (including phenoxy) is 1. The predicted octanol–water partition coefficient (Wildman–Crippen LogP) is 5.35. The number of aryl methyl sites for hydroxylation is 1. The number of amides is 1. The van der Waals surface area contributed by atoms with E-state index in [0.29, 0.717) is 29.4 Å². The number of hydrogen-bond donors (Lipinski definition) is 1. The quantitative estimate of drug-likeness (QED) is 0.525. The highest BCUT2D eigenvalue weighted by atomic mass is 35.5. The second-order valence-electron chi connectivity index (χ2n) is 8.11. The fourth-order valence-electron chi connectivity index (χ4n) is 3.11. The zero-order valence-electron chi connectivity index (χ0n) is 18.1. The van der Waals surface area contributed by atoms with E-state index >= 15 is 0 Å². The zero-order chi connectivity index (χ0) is 22.6. The maximum Gasteiger partial charge on any atom is 0.359 e. The maximum atomic E-state index is 13.1. The summed E-state index contributed by atoms with van der Waals surface area (Å²) in [7, 11) is 0. The van der Waals surface area contributed by atoms with Crippen LogP contribution in [-0.2, 0) is 17.7 Å². The maximum absolute atomic E-state index is 13.1. The lowest BCUT2D eigenvalue weighted by Gasteiger charge is -2.21. The number of carbonyl (C=O) groups is 2. The molecule has 7 heteroatoms. The van der Waals surface area contributed by atoms with Gasteiger partial charge >= 0.3 is 5.97 Å². The van der Waals surface area contributed by atoms with Crippen molar-refractivity contribution in [2.45, 2.75) is 46.3 Å². The topological polar surface area (TPSA) is 73.2 Å². The summed E-state index contributed by atoms with van der Waals surface area (Å²) in [5.74, 6) is -0.0615. The van der Waals surface area contributed by atoms with Gasteiger partial charge in [-0.15, -0.1) is 0 Å². The van der Waals surface area contributed by atoms with Crippen molar-refractivity contribution in [1.82, 2.24) is 9.55 Å². The minimum atomic E-state index is -0.692. The van der Waals surface area contributed by atoms with Gasteiger partial charge in [-0.25, -0.2) is 9.78 Å². The van der Waals surface area contributed by atoms with Crippen molar-refractivity contribution >= 4 is 29.3 Å². The van der Waals surface area contributed by atoms with Gasteiger partial charge in [-0.3, -0.25) is 4.79 Å². The minimum absolute atomic E-state index is 0.182. The SMILES string of the molecule is CCc1nc(NC(=O)c2ccc(Cl)cc2)c(C(=O)OC(C)(C)C)n1Cc1ccccc1. The largest absolute Gasteiger partial charge is 0.455 e. The molecular formula is C24H26ClN3O3. The van der Waals surface area contributed by atoms with E-state index in [1.807, 2.05) is 37.3 Å². The molecule has 0 unspecified atom stereocenters. The number of hydrogen-bond acceptors (Lipinski definition) is 4. The Balaban J connectivity index is 2.03. The molecule has 0 aliphatic carbocycles. The first kappa shape index (κ1) is 22.6. The zero-order valence-corrected chi connectivity index (χ0v) is 18.9. The molecule has 0 saturated heterocycles. The van der Waals surface area contributed by atoms with E-state index in [1.165, 1.54) is 0 Å². The number of halogens is 1. The van der Waals surface area contributed by atoms with E-state index in [-0.39, 0.29) is 17.4 Å². The molecule has 0 bridgehead atoms. The summed E-state index contributed by atoms with van der Waals surface area (Å²) < 4.78 is 7.44. The lowest BCUT2D eigenvalue weighted by Crippen LogP contribution is -2.27. The van der Waals surface area contributed by atoms with Crippen molar-refractivity contribution in [3.05, 3.63) is 82.3 Å². The third-order valence-corrected chi connectivity index (χ3v) is 4.73. The highest BCUT2D eigenvalue weighted by molar-refractivity contribution is 6.30. The number of nitrogens with zero attached hydrogens (tertiary/aromatic N) is 2. The average Bonchev–Trinajstić information content (AvgIpc) is 3.05. The van der Waals surface area contributed by atoms with Crippen molar-refractivity contribution in [2.75, 3.05) is 5.32 Å². The first-order valence-electron chi connectivity index (χ1n) is 10.1. The molecule has 6 nitrogen and oxygen atoms in total. The summed E-state index contributed by atoms with van der Waals surface area (Å²) >= 11 is 5.92. The Kier molecular flexibility index (Phi) is 6.81. The van der Waals surface area contributed by atoms with Gasteiger partial charge < -0.3 is 14.6 Å². The number of imidazole rings is 1. The Morgan fingerprint density at radius 1 is 1.06 bits per heavy atom. The Bertz CT molecular complexity index is 1070. The van der Waals surface area contributed by atoms with Crippen molar-refractivity contribution in [3.8, 4) is 0 Å². The molecule has 1 aromatic heterocycles. The highest BCUT2D eigenvalue weighted by Gasteiger charge is 2.28. The first-order chi connectivity index (χ1) is 14.7. The molecule has 31 heavy (non-hydrogen) atoms. The predicted molar refractivity (Wildman–Crippen MR) is 122 cm³/mol. The number of carbonyl (C=O) groups excluding carboxylic acids is 2. The lowest BCUT2D eigenvalue weighted by molar-refractivity contribution is 0.00591. The lowest BCUT2D eigenvalue weighted by atomic mass is 10.2. The average molecular weight is 440 g/mol. The van der Waals surface area contributed by atoms with Gasteiger partial charge in [0.15, 0.2) is 11.5 Å². The van der Waals surface area contributed by atoms with Crippen LogP contribution in [0.25, 0.3) is 0 Å². The molecule has 1 N–H and O–H groups in total.